The van der Waals surface area contributed by atoms with Crippen molar-refractivity contribution >= 4 is 0 Å². The van der Waals surface area contributed by atoms with Crippen LogP contribution < -0.4 is 10.5 Å². The molecule has 1 atom stereocenters. The molecule has 0 amide bonds. The topological polar surface area (TPSA) is 57.4 Å². The third-order valence-electron chi connectivity index (χ3n) is 3.33. The maximum atomic E-state index is 5.94. The van der Waals surface area contributed by atoms with Crippen LogP contribution in [0.25, 0.3) is 0 Å². The van der Waals surface area contributed by atoms with Gasteiger partial charge in [-0.15, -0.1) is 0 Å². The Morgan fingerprint density at radius 3 is 2.38 bits per heavy atom. The molecule has 0 aliphatic rings. The average molecular weight is 286 g/mol. The van der Waals surface area contributed by atoms with Crippen LogP contribution in [0.4, 0.5) is 0 Å². The molecule has 0 saturated carbocycles. The van der Waals surface area contributed by atoms with E-state index in [2.05, 4.69) is 4.98 Å². The van der Waals surface area contributed by atoms with Gasteiger partial charge in [-0.2, -0.15) is 0 Å². The molecule has 2 rings (SSSR count). The van der Waals surface area contributed by atoms with Crippen molar-refractivity contribution in [2.45, 2.75) is 25.8 Å². The Kier molecular flexibility index (Phi) is 5.72. The zero-order chi connectivity index (χ0) is 15.1. The van der Waals surface area contributed by atoms with Crippen molar-refractivity contribution in [2.75, 3.05) is 13.7 Å². The number of hydrogen-bond acceptors (Lipinski definition) is 4. The Balaban J connectivity index is 1.97. The molecule has 112 valence electrons. The summed E-state index contributed by atoms with van der Waals surface area (Å²) >= 11 is 0. The van der Waals surface area contributed by atoms with Gasteiger partial charge >= 0.3 is 0 Å². The van der Waals surface area contributed by atoms with Crippen LogP contribution in [0.3, 0.4) is 0 Å². The van der Waals surface area contributed by atoms with E-state index in [0.717, 1.165) is 30.9 Å². The lowest BCUT2D eigenvalue weighted by molar-refractivity contribution is 0.202. The van der Waals surface area contributed by atoms with E-state index in [4.69, 9.17) is 15.2 Å². The minimum absolute atomic E-state index is 0.0147. The number of hydrogen-bond donors (Lipinski definition) is 1. The van der Waals surface area contributed by atoms with E-state index in [1.807, 2.05) is 43.3 Å². The highest BCUT2D eigenvalue weighted by atomic mass is 16.5. The summed E-state index contributed by atoms with van der Waals surface area (Å²) in [7, 11) is 1.71. The largest absolute Gasteiger partial charge is 0.456 e. The number of ether oxygens (including phenoxy) is 2. The molecule has 1 aromatic heterocycles. The first-order chi connectivity index (χ1) is 10.2. The molecule has 2 aromatic rings. The maximum Gasteiger partial charge on any atom is 0.145 e. The number of aromatic nitrogens is 1. The van der Waals surface area contributed by atoms with E-state index in [1.165, 1.54) is 5.56 Å². The summed E-state index contributed by atoms with van der Waals surface area (Å²) in [4.78, 5) is 4.34. The van der Waals surface area contributed by atoms with Crippen molar-refractivity contribution in [1.82, 2.24) is 4.98 Å². The minimum Gasteiger partial charge on any atom is -0.456 e. The highest BCUT2D eigenvalue weighted by molar-refractivity contribution is 5.32. The summed E-state index contributed by atoms with van der Waals surface area (Å²) in [5.74, 6) is 1.51. The van der Waals surface area contributed by atoms with Gasteiger partial charge in [0.1, 0.15) is 11.5 Å². The first-order valence-electron chi connectivity index (χ1n) is 7.20. The maximum absolute atomic E-state index is 5.94. The smallest absolute Gasteiger partial charge is 0.145 e. The number of rotatable bonds is 7. The summed E-state index contributed by atoms with van der Waals surface area (Å²) < 4.78 is 10.8. The zero-order valence-corrected chi connectivity index (χ0v) is 12.6. The van der Waals surface area contributed by atoms with Crippen molar-refractivity contribution in [3.63, 3.8) is 0 Å². The van der Waals surface area contributed by atoms with Crippen LogP contribution >= 0.6 is 0 Å². The van der Waals surface area contributed by atoms with Gasteiger partial charge < -0.3 is 15.2 Å². The summed E-state index contributed by atoms with van der Waals surface area (Å²) in [6, 6.07) is 11.8. The van der Waals surface area contributed by atoms with Gasteiger partial charge in [0.25, 0.3) is 0 Å². The van der Waals surface area contributed by atoms with Crippen LogP contribution in [0.5, 0.6) is 11.5 Å². The van der Waals surface area contributed by atoms with Gasteiger partial charge in [-0.1, -0.05) is 19.1 Å². The molecule has 0 spiro atoms. The molecule has 4 heteroatoms. The molecule has 1 heterocycles. The molecule has 0 saturated heterocycles. The van der Waals surface area contributed by atoms with Crippen LogP contribution in [0, 0.1) is 0 Å². The molecular formula is C17H22N2O2. The van der Waals surface area contributed by atoms with Gasteiger partial charge in [0, 0.05) is 13.2 Å². The molecule has 1 aromatic carbocycles. The molecule has 2 N–H and O–H groups in total. The van der Waals surface area contributed by atoms with Gasteiger partial charge in [-0.05, 0) is 42.7 Å². The average Bonchev–Trinajstić information content (AvgIpc) is 2.54. The van der Waals surface area contributed by atoms with Gasteiger partial charge in [0.05, 0.1) is 18.5 Å². The minimum atomic E-state index is -0.0147. The molecule has 0 aliphatic carbocycles. The van der Waals surface area contributed by atoms with Crippen LogP contribution in [-0.4, -0.2) is 18.7 Å². The third kappa shape index (κ3) is 4.55. The van der Waals surface area contributed by atoms with Gasteiger partial charge in [-0.25, -0.2) is 0 Å². The fourth-order valence-electron chi connectivity index (χ4n) is 1.96. The van der Waals surface area contributed by atoms with E-state index in [0.29, 0.717) is 5.75 Å². The molecule has 1 unspecified atom stereocenters. The zero-order valence-electron chi connectivity index (χ0n) is 12.6. The van der Waals surface area contributed by atoms with Gasteiger partial charge in [0.15, 0.2) is 0 Å². The summed E-state index contributed by atoms with van der Waals surface area (Å²) in [6.45, 7) is 2.77. The fraction of sp³-hybridized carbons (Fsp3) is 0.353. The Hall–Kier alpha value is -1.91. The van der Waals surface area contributed by atoms with E-state index in [-0.39, 0.29) is 6.04 Å². The monoisotopic (exact) mass is 286 g/mol. The normalized spacial score (nSPS) is 12.1. The summed E-state index contributed by atoms with van der Waals surface area (Å²) in [5.41, 5.74) is 8.06. The second-order valence-corrected chi connectivity index (χ2v) is 4.92. The number of benzene rings is 1. The molecule has 0 aliphatic heterocycles. The lowest BCUT2D eigenvalue weighted by atomic mass is 10.1. The SMILES string of the molecule is CCC(N)c1ccc(Oc2ccc(CCOC)cc2)cn1. The van der Waals surface area contributed by atoms with Gasteiger partial charge in [0.2, 0.25) is 0 Å². The van der Waals surface area contributed by atoms with Crippen LogP contribution in [0.2, 0.25) is 0 Å². The quantitative estimate of drug-likeness (QED) is 0.846. The first-order valence-corrected chi connectivity index (χ1v) is 7.20. The predicted octanol–water partition coefficient (Wildman–Crippen LogP) is 3.47. The first kappa shape index (κ1) is 15.5. The highest BCUT2D eigenvalue weighted by Crippen LogP contribution is 2.22. The summed E-state index contributed by atoms with van der Waals surface area (Å²) in [6.07, 6.45) is 3.49. The molecule has 21 heavy (non-hydrogen) atoms. The standard InChI is InChI=1S/C17H22N2O2/c1-3-16(18)17-9-8-15(12-19-17)21-14-6-4-13(5-7-14)10-11-20-2/h4-9,12,16H,3,10-11,18H2,1-2H3. The Morgan fingerprint density at radius 1 is 1.10 bits per heavy atom. The molecule has 0 radical (unpaired) electrons. The number of nitrogens with two attached hydrogens (primary N) is 1. The highest BCUT2D eigenvalue weighted by Gasteiger charge is 2.05. The van der Waals surface area contributed by atoms with Crippen molar-refractivity contribution in [3.8, 4) is 11.5 Å². The predicted molar refractivity (Wildman–Crippen MR) is 83.6 cm³/mol. The van der Waals surface area contributed by atoms with E-state index >= 15 is 0 Å². The molecule has 0 bridgehead atoms. The van der Waals surface area contributed by atoms with Gasteiger partial charge in [-0.3, -0.25) is 4.98 Å². The third-order valence-corrected chi connectivity index (χ3v) is 3.33. The van der Waals surface area contributed by atoms with Crippen LogP contribution in [-0.2, 0) is 11.2 Å². The van der Waals surface area contributed by atoms with Crippen molar-refractivity contribution in [2.24, 2.45) is 5.73 Å². The molecule has 0 fully saturated rings. The Bertz CT molecular complexity index is 538. The second kappa shape index (κ2) is 7.76. The van der Waals surface area contributed by atoms with Crippen molar-refractivity contribution < 1.29 is 9.47 Å². The van der Waals surface area contributed by atoms with E-state index < -0.39 is 0 Å². The lowest BCUT2D eigenvalue weighted by Crippen LogP contribution is -2.10. The molecule has 4 nitrogen and oxygen atoms in total. The number of methoxy groups -OCH3 is 1. The van der Waals surface area contributed by atoms with Crippen molar-refractivity contribution in [1.29, 1.82) is 0 Å². The van der Waals surface area contributed by atoms with Crippen LogP contribution in [0.15, 0.2) is 42.6 Å². The Morgan fingerprint density at radius 2 is 1.81 bits per heavy atom. The van der Waals surface area contributed by atoms with E-state index in [9.17, 15) is 0 Å². The molecular weight excluding hydrogens is 264 g/mol. The van der Waals surface area contributed by atoms with Crippen LogP contribution in [0.1, 0.15) is 30.6 Å². The number of pyridine rings is 1. The fourth-order valence-corrected chi connectivity index (χ4v) is 1.96. The number of nitrogens with zero attached hydrogens (tertiary/aromatic N) is 1. The summed E-state index contributed by atoms with van der Waals surface area (Å²) in [5, 5.41) is 0. The Labute approximate surface area is 125 Å². The second-order valence-electron chi connectivity index (χ2n) is 4.92. The van der Waals surface area contributed by atoms with Crippen molar-refractivity contribution in [3.05, 3.63) is 53.9 Å². The van der Waals surface area contributed by atoms with E-state index in [1.54, 1.807) is 13.3 Å². The lowest BCUT2D eigenvalue weighted by Gasteiger charge is -2.10.